The number of piperidine rings is 1. The van der Waals surface area contributed by atoms with Gasteiger partial charge in [-0.25, -0.2) is 0 Å². The molecule has 1 fully saturated rings. The molecule has 0 bridgehead atoms. The standard InChI is InChI=1S/C14H30N2/c1-5-7-15-14(6-2)11-16-9-12(3)8-13(4)10-16/h12-15H,5-11H2,1-4H3. The average molecular weight is 226 g/mol. The van der Waals surface area contributed by atoms with Crippen LogP contribution in [0.2, 0.25) is 0 Å². The van der Waals surface area contributed by atoms with Crippen molar-refractivity contribution in [3.05, 3.63) is 0 Å². The van der Waals surface area contributed by atoms with Crippen molar-refractivity contribution < 1.29 is 0 Å². The van der Waals surface area contributed by atoms with Crippen molar-refractivity contribution in [1.82, 2.24) is 10.2 Å². The summed E-state index contributed by atoms with van der Waals surface area (Å²) in [6.07, 6.45) is 3.90. The van der Waals surface area contributed by atoms with E-state index in [1.54, 1.807) is 0 Å². The predicted octanol–water partition coefficient (Wildman–Crippen LogP) is 2.74. The first-order valence-electron chi connectivity index (χ1n) is 7.11. The van der Waals surface area contributed by atoms with Crippen molar-refractivity contribution in [2.45, 2.75) is 53.0 Å². The summed E-state index contributed by atoms with van der Waals surface area (Å²) in [5.74, 6) is 1.76. The Morgan fingerprint density at radius 2 is 1.81 bits per heavy atom. The average Bonchev–Trinajstić information content (AvgIpc) is 2.22. The topological polar surface area (TPSA) is 15.3 Å². The number of nitrogens with zero attached hydrogens (tertiary/aromatic N) is 1. The lowest BCUT2D eigenvalue weighted by atomic mass is 9.91. The van der Waals surface area contributed by atoms with Crippen molar-refractivity contribution in [1.29, 1.82) is 0 Å². The van der Waals surface area contributed by atoms with Crippen LogP contribution in [-0.4, -0.2) is 37.1 Å². The highest BCUT2D eigenvalue weighted by molar-refractivity contribution is 4.78. The predicted molar refractivity (Wildman–Crippen MR) is 71.8 cm³/mol. The molecule has 0 saturated carbocycles. The molecular formula is C14H30N2. The van der Waals surface area contributed by atoms with Gasteiger partial charge in [0.15, 0.2) is 0 Å². The molecule has 1 aliphatic heterocycles. The van der Waals surface area contributed by atoms with Gasteiger partial charge in [-0.1, -0.05) is 27.7 Å². The Morgan fingerprint density at radius 3 is 2.31 bits per heavy atom. The summed E-state index contributed by atoms with van der Waals surface area (Å²) in [4.78, 5) is 2.66. The third-order valence-corrected chi connectivity index (χ3v) is 3.60. The Morgan fingerprint density at radius 1 is 1.19 bits per heavy atom. The lowest BCUT2D eigenvalue weighted by molar-refractivity contribution is 0.127. The summed E-state index contributed by atoms with van der Waals surface area (Å²) >= 11 is 0. The molecule has 1 rings (SSSR count). The molecule has 0 aromatic carbocycles. The molecule has 3 unspecified atom stereocenters. The minimum absolute atomic E-state index is 0.692. The summed E-state index contributed by atoms with van der Waals surface area (Å²) < 4.78 is 0. The Kier molecular flexibility index (Phi) is 6.37. The van der Waals surface area contributed by atoms with Crippen LogP contribution in [-0.2, 0) is 0 Å². The number of likely N-dealkylation sites (tertiary alicyclic amines) is 1. The van der Waals surface area contributed by atoms with Gasteiger partial charge in [0, 0.05) is 25.7 Å². The van der Waals surface area contributed by atoms with E-state index < -0.39 is 0 Å². The molecule has 0 aliphatic carbocycles. The van der Waals surface area contributed by atoms with Crippen LogP contribution < -0.4 is 5.32 Å². The maximum atomic E-state index is 3.65. The van der Waals surface area contributed by atoms with Gasteiger partial charge < -0.3 is 10.2 Å². The molecule has 0 amide bonds. The van der Waals surface area contributed by atoms with Crippen LogP contribution in [0.4, 0.5) is 0 Å². The number of rotatable bonds is 6. The SMILES string of the molecule is CCCNC(CC)CN1CC(C)CC(C)C1. The van der Waals surface area contributed by atoms with Crippen LogP contribution in [0.15, 0.2) is 0 Å². The van der Waals surface area contributed by atoms with Crippen LogP contribution >= 0.6 is 0 Å². The molecule has 0 aromatic heterocycles. The van der Waals surface area contributed by atoms with Gasteiger partial charge in [-0.15, -0.1) is 0 Å². The van der Waals surface area contributed by atoms with Gasteiger partial charge >= 0.3 is 0 Å². The van der Waals surface area contributed by atoms with Crippen molar-refractivity contribution in [2.24, 2.45) is 11.8 Å². The molecule has 0 spiro atoms. The first kappa shape index (κ1) is 14.0. The van der Waals surface area contributed by atoms with Crippen LogP contribution in [0, 0.1) is 11.8 Å². The lowest BCUT2D eigenvalue weighted by Gasteiger charge is -2.37. The first-order chi connectivity index (χ1) is 7.65. The van der Waals surface area contributed by atoms with Gasteiger partial charge in [0.1, 0.15) is 0 Å². The maximum Gasteiger partial charge on any atom is 0.0192 e. The van der Waals surface area contributed by atoms with Crippen LogP contribution in [0.3, 0.4) is 0 Å². The first-order valence-corrected chi connectivity index (χ1v) is 7.11. The Bertz CT molecular complexity index is 172. The van der Waals surface area contributed by atoms with Gasteiger partial charge in [-0.2, -0.15) is 0 Å². The van der Waals surface area contributed by atoms with E-state index in [2.05, 4.69) is 37.9 Å². The zero-order valence-corrected chi connectivity index (χ0v) is 11.6. The second kappa shape index (κ2) is 7.29. The number of hydrogen-bond acceptors (Lipinski definition) is 2. The van der Waals surface area contributed by atoms with Gasteiger partial charge in [0.05, 0.1) is 0 Å². The van der Waals surface area contributed by atoms with Crippen LogP contribution in [0.5, 0.6) is 0 Å². The van der Waals surface area contributed by atoms with E-state index in [4.69, 9.17) is 0 Å². The summed E-state index contributed by atoms with van der Waals surface area (Å²) in [6.45, 7) is 14.3. The van der Waals surface area contributed by atoms with Crippen molar-refractivity contribution in [3.63, 3.8) is 0 Å². The van der Waals surface area contributed by atoms with E-state index in [-0.39, 0.29) is 0 Å². The fraction of sp³-hybridized carbons (Fsp3) is 1.00. The highest BCUT2D eigenvalue weighted by atomic mass is 15.2. The Balaban J connectivity index is 2.32. The molecule has 3 atom stereocenters. The number of hydrogen-bond donors (Lipinski definition) is 1. The zero-order valence-electron chi connectivity index (χ0n) is 11.6. The van der Waals surface area contributed by atoms with E-state index in [0.717, 1.165) is 18.4 Å². The van der Waals surface area contributed by atoms with E-state index in [0.29, 0.717) is 6.04 Å². The summed E-state index contributed by atoms with van der Waals surface area (Å²) in [7, 11) is 0. The monoisotopic (exact) mass is 226 g/mol. The Labute approximate surface area is 102 Å². The highest BCUT2D eigenvalue weighted by Gasteiger charge is 2.23. The van der Waals surface area contributed by atoms with Gasteiger partial charge in [-0.3, -0.25) is 0 Å². The maximum absolute atomic E-state index is 3.65. The van der Waals surface area contributed by atoms with Crippen LogP contribution in [0.25, 0.3) is 0 Å². The molecule has 1 aliphatic rings. The van der Waals surface area contributed by atoms with E-state index in [9.17, 15) is 0 Å². The molecule has 1 heterocycles. The molecule has 0 aromatic rings. The minimum atomic E-state index is 0.692. The van der Waals surface area contributed by atoms with Crippen molar-refractivity contribution in [2.75, 3.05) is 26.2 Å². The molecule has 2 nitrogen and oxygen atoms in total. The third-order valence-electron chi connectivity index (χ3n) is 3.60. The quantitative estimate of drug-likeness (QED) is 0.749. The number of nitrogens with one attached hydrogen (secondary N) is 1. The Hall–Kier alpha value is -0.0800. The molecule has 1 N–H and O–H groups in total. The highest BCUT2D eigenvalue weighted by Crippen LogP contribution is 2.21. The summed E-state index contributed by atoms with van der Waals surface area (Å²) in [5.41, 5.74) is 0. The van der Waals surface area contributed by atoms with Crippen molar-refractivity contribution in [3.8, 4) is 0 Å². The van der Waals surface area contributed by atoms with E-state index in [1.165, 1.54) is 38.9 Å². The van der Waals surface area contributed by atoms with Gasteiger partial charge in [0.25, 0.3) is 0 Å². The van der Waals surface area contributed by atoms with Crippen molar-refractivity contribution >= 4 is 0 Å². The second-order valence-electron chi connectivity index (χ2n) is 5.72. The molecule has 2 heteroatoms. The largest absolute Gasteiger partial charge is 0.313 e. The smallest absolute Gasteiger partial charge is 0.0192 e. The molecular weight excluding hydrogens is 196 g/mol. The lowest BCUT2D eigenvalue weighted by Crippen LogP contribution is -2.46. The summed E-state index contributed by atoms with van der Waals surface area (Å²) in [6, 6.07) is 0.692. The second-order valence-corrected chi connectivity index (χ2v) is 5.72. The molecule has 96 valence electrons. The van der Waals surface area contributed by atoms with E-state index >= 15 is 0 Å². The van der Waals surface area contributed by atoms with Crippen LogP contribution in [0.1, 0.15) is 47.0 Å². The zero-order chi connectivity index (χ0) is 12.0. The molecule has 16 heavy (non-hydrogen) atoms. The minimum Gasteiger partial charge on any atom is -0.313 e. The summed E-state index contributed by atoms with van der Waals surface area (Å²) in [5, 5.41) is 3.65. The molecule has 0 radical (unpaired) electrons. The molecule has 1 saturated heterocycles. The van der Waals surface area contributed by atoms with E-state index in [1.807, 2.05) is 0 Å². The fourth-order valence-electron chi connectivity index (χ4n) is 2.94. The van der Waals surface area contributed by atoms with Gasteiger partial charge in [0.2, 0.25) is 0 Å². The van der Waals surface area contributed by atoms with Gasteiger partial charge in [-0.05, 0) is 37.6 Å². The third kappa shape index (κ3) is 4.84. The fourth-order valence-corrected chi connectivity index (χ4v) is 2.94. The normalized spacial score (nSPS) is 29.2.